The molecule has 0 saturated carbocycles. The highest BCUT2D eigenvalue weighted by molar-refractivity contribution is 6.30. The largest absolute Gasteiger partial charge is 0.478 e. The number of ether oxygens (including phenoxy) is 1. The van der Waals surface area contributed by atoms with Gasteiger partial charge in [-0.3, -0.25) is 0 Å². The first-order valence-corrected chi connectivity index (χ1v) is 7.29. The van der Waals surface area contributed by atoms with Crippen LogP contribution in [0.2, 0.25) is 5.02 Å². The fourth-order valence-electron chi connectivity index (χ4n) is 1.27. The number of aromatic nitrogens is 1. The van der Waals surface area contributed by atoms with E-state index in [0.29, 0.717) is 30.6 Å². The number of anilines is 1. The first kappa shape index (κ1) is 20.6. The number of aliphatic hydroxyl groups is 2. The number of rotatable bonds is 8. The molecule has 1 aromatic rings. The lowest BCUT2D eigenvalue weighted by atomic mass is 10.2. The predicted molar refractivity (Wildman–Crippen MR) is 84.6 cm³/mol. The summed E-state index contributed by atoms with van der Waals surface area (Å²) < 4.78 is 5.17. The molecule has 0 aromatic carbocycles. The summed E-state index contributed by atoms with van der Waals surface area (Å²) >= 11 is 5.69. The topological polar surface area (TPSA) is 112 Å². The maximum absolute atomic E-state index is 10.9. The monoisotopic (exact) mass is 334 g/mol. The lowest BCUT2D eigenvalue weighted by molar-refractivity contribution is 0.0697. The summed E-state index contributed by atoms with van der Waals surface area (Å²) in [7, 11) is 0. The molecule has 0 radical (unpaired) electrons. The molecule has 0 aliphatic carbocycles. The van der Waals surface area contributed by atoms with Gasteiger partial charge in [0.15, 0.2) is 0 Å². The van der Waals surface area contributed by atoms with Gasteiger partial charge in [-0.05, 0) is 26.3 Å². The van der Waals surface area contributed by atoms with Gasteiger partial charge >= 0.3 is 5.97 Å². The molecule has 22 heavy (non-hydrogen) atoms. The molecule has 8 heteroatoms. The fourth-order valence-corrected chi connectivity index (χ4v) is 1.43. The quantitative estimate of drug-likeness (QED) is 0.534. The Morgan fingerprint density at radius 2 is 2.18 bits per heavy atom. The maximum atomic E-state index is 10.9. The van der Waals surface area contributed by atoms with Crippen LogP contribution in [0.1, 0.15) is 30.6 Å². The maximum Gasteiger partial charge on any atom is 0.339 e. The van der Waals surface area contributed by atoms with Gasteiger partial charge in [-0.15, -0.1) is 0 Å². The van der Waals surface area contributed by atoms with Crippen LogP contribution in [0, 0.1) is 0 Å². The van der Waals surface area contributed by atoms with Crippen LogP contribution in [-0.4, -0.2) is 58.7 Å². The number of aliphatic hydroxyl groups excluding tert-OH is 2. The van der Waals surface area contributed by atoms with E-state index in [1.807, 2.05) is 6.92 Å². The molecular weight excluding hydrogens is 312 g/mol. The van der Waals surface area contributed by atoms with E-state index in [4.69, 9.17) is 31.7 Å². The van der Waals surface area contributed by atoms with Crippen molar-refractivity contribution in [1.29, 1.82) is 0 Å². The minimum Gasteiger partial charge on any atom is -0.478 e. The van der Waals surface area contributed by atoms with Crippen molar-refractivity contribution in [3.63, 3.8) is 0 Å². The highest BCUT2D eigenvalue weighted by Gasteiger charge is 2.11. The van der Waals surface area contributed by atoms with Crippen molar-refractivity contribution in [3.05, 3.63) is 22.8 Å². The number of nitrogens with zero attached hydrogens (tertiary/aromatic N) is 1. The van der Waals surface area contributed by atoms with E-state index in [-0.39, 0.29) is 12.2 Å². The highest BCUT2D eigenvalue weighted by atomic mass is 35.5. The molecule has 1 rings (SSSR count). The molecule has 0 saturated heterocycles. The molecule has 0 amide bonds. The van der Waals surface area contributed by atoms with E-state index < -0.39 is 12.1 Å². The lowest BCUT2D eigenvalue weighted by Gasteiger charge is -2.08. The van der Waals surface area contributed by atoms with Crippen molar-refractivity contribution in [2.45, 2.75) is 26.4 Å². The number of carbonyl (C=O) groups is 1. The smallest absolute Gasteiger partial charge is 0.339 e. The average Bonchev–Trinajstić information content (AvgIpc) is 2.48. The summed E-state index contributed by atoms with van der Waals surface area (Å²) in [5.74, 6) is -0.717. The van der Waals surface area contributed by atoms with Gasteiger partial charge in [0, 0.05) is 26.0 Å². The Bertz CT molecular complexity index is 443. The van der Waals surface area contributed by atoms with Crippen molar-refractivity contribution in [1.82, 2.24) is 4.98 Å². The molecule has 0 aliphatic heterocycles. The number of carboxylic acid groups (broad SMARTS) is 1. The van der Waals surface area contributed by atoms with Crippen molar-refractivity contribution in [3.8, 4) is 0 Å². The van der Waals surface area contributed by atoms with E-state index in [9.17, 15) is 4.79 Å². The van der Waals surface area contributed by atoms with E-state index >= 15 is 0 Å². The minimum absolute atomic E-state index is 0.0777. The summed E-state index contributed by atoms with van der Waals surface area (Å²) in [6.45, 7) is 5.24. The second-order valence-electron chi connectivity index (χ2n) is 4.36. The number of aromatic carboxylic acids is 1. The molecule has 4 N–H and O–H groups in total. The van der Waals surface area contributed by atoms with Crippen LogP contribution in [0.15, 0.2) is 12.3 Å². The van der Waals surface area contributed by atoms with Gasteiger partial charge < -0.3 is 25.4 Å². The summed E-state index contributed by atoms with van der Waals surface area (Å²) in [6.07, 6.45) is 1.64. The molecule has 0 bridgehead atoms. The van der Waals surface area contributed by atoms with Gasteiger partial charge in [0.25, 0.3) is 0 Å². The summed E-state index contributed by atoms with van der Waals surface area (Å²) in [4.78, 5) is 14.9. The molecule has 0 fully saturated rings. The third kappa shape index (κ3) is 9.51. The van der Waals surface area contributed by atoms with Crippen LogP contribution in [-0.2, 0) is 4.74 Å². The molecular formula is C14H23ClN2O5. The van der Waals surface area contributed by atoms with Crippen LogP contribution < -0.4 is 5.32 Å². The molecule has 0 aliphatic rings. The van der Waals surface area contributed by atoms with E-state index in [2.05, 4.69) is 10.3 Å². The third-order valence-corrected chi connectivity index (χ3v) is 2.52. The van der Waals surface area contributed by atoms with Gasteiger partial charge in [0.2, 0.25) is 0 Å². The van der Waals surface area contributed by atoms with Crippen LogP contribution in [0.5, 0.6) is 0 Å². The van der Waals surface area contributed by atoms with Gasteiger partial charge in [0.1, 0.15) is 11.4 Å². The van der Waals surface area contributed by atoms with Gasteiger partial charge in [0.05, 0.1) is 17.7 Å². The first-order valence-electron chi connectivity index (χ1n) is 6.91. The number of carboxylic acids is 1. The molecule has 7 nitrogen and oxygen atoms in total. The number of hydrogen-bond acceptors (Lipinski definition) is 6. The summed E-state index contributed by atoms with van der Waals surface area (Å²) in [6, 6.07) is 1.38. The Balaban J connectivity index is 0.000000763. The first-order chi connectivity index (χ1) is 10.4. The Kier molecular flexibility index (Phi) is 11.4. The molecule has 1 heterocycles. The Labute approximate surface area is 134 Å². The molecule has 1 atom stereocenters. The van der Waals surface area contributed by atoms with Crippen molar-refractivity contribution in [2.24, 2.45) is 0 Å². The molecule has 1 unspecified atom stereocenters. The van der Waals surface area contributed by atoms with Crippen LogP contribution >= 0.6 is 11.6 Å². The zero-order valence-electron chi connectivity index (χ0n) is 12.8. The van der Waals surface area contributed by atoms with E-state index in [0.717, 1.165) is 6.42 Å². The lowest BCUT2D eigenvalue weighted by Crippen LogP contribution is -2.11. The van der Waals surface area contributed by atoms with Crippen LogP contribution in [0.3, 0.4) is 0 Å². The van der Waals surface area contributed by atoms with E-state index in [1.54, 1.807) is 0 Å². The number of pyridine rings is 1. The molecule has 126 valence electrons. The SMILES string of the molecule is CC(O)CO.CCOCCCNc1ncc(Cl)cc1C(=O)O. The normalized spacial score (nSPS) is 11.3. The minimum atomic E-state index is -1.05. The van der Waals surface area contributed by atoms with Gasteiger partial charge in [-0.1, -0.05) is 11.6 Å². The zero-order chi connectivity index (χ0) is 17.0. The fraction of sp³-hybridized carbons (Fsp3) is 0.571. The zero-order valence-corrected chi connectivity index (χ0v) is 13.5. The van der Waals surface area contributed by atoms with Crippen molar-refractivity contribution >= 4 is 23.4 Å². The number of nitrogens with one attached hydrogen (secondary N) is 1. The highest BCUT2D eigenvalue weighted by Crippen LogP contribution is 2.17. The second kappa shape index (κ2) is 12.2. The predicted octanol–water partition coefficient (Wildman–Crippen LogP) is 1.63. The van der Waals surface area contributed by atoms with Gasteiger partial charge in [-0.25, -0.2) is 9.78 Å². The Hall–Kier alpha value is -1.41. The number of halogens is 1. The summed E-state index contributed by atoms with van der Waals surface area (Å²) in [5, 5.41) is 28.2. The average molecular weight is 335 g/mol. The Morgan fingerprint density at radius 1 is 1.55 bits per heavy atom. The standard InChI is InChI=1S/C11H15ClN2O3.C3H8O2/c1-2-17-5-3-4-13-10-9(11(15)16)6-8(12)7-14-10;1-3(5)2-4/h6-7H,2-5H2,1H3,(H,13,14)(H,15,16);3-5H,2H2,1H3. The van der Waals surface area contributed by atoms with Crippen LogP contribution in [0.4, 0.5) is 5.82 Å². The van der Waals surface area contributed by atoms with Crippen molar-refractivity contribution in [2.75, 3.05) is 31.7 Å². The van der Waals surface area contributed by atoms with E-state index in [1.165, 1.54) is 19.2 Å². The van der Waals surface area contributed by atoms with Crippen molar-refractivity contribution < 1.29 is 24.9 Å². The van der Waals surface area contributed by atoms with Gasteiger partial charge in [-0.2, -0.15) is 0 Å². The second-order valence-corrected chi connectivity index (χ2v) is 4.80. The van der Waals surface area contributed by atoms with Crippen LogP contribution in [0.25, 0.3) is 0 Å². The Morgan fingerprint density at radius 3 is 2.68 bits per heavy atom. The molecule has 1 aromatic heterocycles. The summed E-state index contributed by atoms with van der Waals surface area (Å²) in [5.41, 5.74) is 0.0777. The third-order valence-electron chi connectivity index (χ3n) is 2.31. The number of hydrogen-bond donors (Lipinski definition) is 4. The molecule has 0 spiro atoms.